The van der Waals surface area contributed by atoms with E-state index in [1.807, 2.05) is 18.2 Å². The summed E-state index contributed by atoms with van der Waals surface area (Å²) in [4.78, 5) is 26.0. The van der Waals surface area contributed by atoms with Crippen LogP contribution in [-0.4, -0.2) is 35.1 Å². The Morgan fingerprint density at radius 1 is 1.23 bits per heavy atom. The Hall–Kier alpha value is -2.04. The van der Waals surface area contributed by atoms with Crippen LogP contribution < -0.4 is 5.32 Å². The van der Waals surface area contributed by atoms with Gasteiger partial charge in [0.1, 0.15) is 11.6 Å². The number of amides is 2. The summed E-state index contributed by atoms with van der Waals surface area (Å²) in [5.74, 6) is -0.0830. The largest absolute Gasteiger partial charge is 0.444 e. The molecule has 0 bridgehead atoms. The minimum absolute atomic E-state index is 0.0830. The SMILES string of the molecule is C[C@H](NC(=O)OC(C)(C)C)C(=O)N1CCc2ccccc2C1. The molecule has 1 heterocycles. The highest BCUT2D eigenvalue weighted by Crippen LogP contribution is 2.19. The zero-order valence-electron chi connectivity index (χ0n) is 13.7. The monoisotopic (exact) mass is 304 g/mol. The Balaban J connectivity index is 1.93. The van der Waals surface area contributed by atoms with Crippen molar-refractivity contribution in [2.45, 2.75) is 52.3 Å². The second kappa shape index (κ2) is 6.38. The molecule has 0 radical (unpaired) electrons. The van der Waals surface area contributed by atoms with Crippen molar-refractivity contribution in [1.82, 2.24) is 10.2 Å². The van der Waals surface area contributed by atoms with E-state index >= 15 is 0 Å². The van der Waals surface area contributed by atoms with Gasteiger partial charge in [-0.3, -0.25) is 4.79 Å². The first-order chi connectivity index (χ1) is 10.3. The van der Waals surface area contributed by atoms with Gasteiger partial charge in [-0.1, -0.05) is 24.3 Å². The first-order valence-electron chi connectivity index (χ1n) is 7.61. The number of carbonyl (C=O) groups is 2. The van der Waals surface area contributed by atoms with Crippen molar-refractivity contribution in [3.8, 4) is 0 Å². The van der Waals surface area contributed by atoms with Crippen molar-refractivity contribution in [3.63, 3.8) is 0 Å². The van der Waals surface area contributed by atoms with E-state index in [0.717, 1.165) is 6.42 Å². The number of fused-ring (bicyclic) bond motifs is 1. The predicted octanol–water partition coefficient (Wildman–Crippen LogP) is 2.48. The van der Waals surface area contributed by atoms with E-state index in [-0.39, 0.29) is 5.91 Å². The Bertz CT molecular complexity index is 563. The molecule has 2 amide bonds. The van der Waals surface area contributed by atoms with Gasteiger partial charge in [-0.05, 0) is 45.2 Å². The highest BCUT2D eigenvalue weighted by molar-refractivity contribution is 5.85. The molecule has 0 spiro atoms. The molecule has 2 rings (SSSR count). The molecule has 0 fully saturated rings. The summed E-state index contributed by atoms with van der Waals surface area (Å²) in [6.45, 7) is 8.33. The number of hydrogen-bond acceptors (Lipinski definition) is 3. The molecule has 0 saturated heterocycles. The molecule has 5 heteroatoms. The van der Waals surface area contributed by atoms with Gasteiger partial charge in [0.15, 0.2) is 0 Å². The first-order valence-corrected chi connectivity index (χ1v) is 7.61. The van der Waals surface area contributed by atoms with Crippen LogP contribution in [0.15, 0.2) is 24.3 Å². The maximum atomic E-state index is 12.5. The molecule has 0 saturated carbocycles. The van der Waals surface area contributed by atoms with Gasteiger partial charge < -0.3 is 15.0 Å². The summed E-state index contributed by atoms with van der Waals surface area (Å²) in [6, 6.07) is 7.54. The molecule has 0 unspecified atom stereocenters. The number of hydrogen-bond donors (Lipinski definition) is 1. The van der Waals surface area contributed by atoms with Crippen LogP contribution in [0.1, 0.15) is 38.8 Å². The second-order valence-corrected chi connectivity index (χ2v) is 6.65. The molecule has 1 atom stereocenters. The number of alkyl carbamates (subject to hydrolysis) is 1. The fourth-order valence-corrected chi connectivity index (χ4v) is 2.50. The lowest BCUT2D eigenvalue weighted by molar-refractivity contribution is -0.134. The van der Waals surface area contributed by atoms with Crippen LogP contribution in [0, 0.1) is 0 Å². The Labute approximate surface area is 131 Å². The van der Waals surface area contributed by atoms with E-state index in [2.05, 4.69) is 11.4 Å². The van der Waals surface area contributed by atoms with Crippen LogP contribution in [0.25, 0.3) is 0 Å². The van der Waals surface area contributed by atoms with Crippen LogP contribution in [0.3, 0.4) is 0 Å². The molecule has 0 aromatic heterocycles. The van der Waals surface area contributed by atoms with Gasteiger partial charge >= 0.3 is 6.09 Å². The third-order valence-corrected chi connectivity index (χ3v) is 3.55. The zero-order valence-corrected chi connectivity index (χ0v) is 13.7. The highest BCUT2D eigenvalue weighted by atomic mass is 16.6. The minimum Gasteiger partial charge on any atom is -0.444 e. The molecule has 1 aromatic carbocycles. The number of benzene rings is 1. The van der Waals surface area contributed by atoms with Crippen molar-refractivity contribution in [2.75, 3.05) is 6.54 Å². The van der Waals surface area contributed by atoms with Gasteiger partial charge in [-0.2, -0.15) is 0 Å². The fraction of sp³-hybridized carbons (Fsp3) is 0.529. The number of rotatable bonds is 2. The van der Waals surface area contributed by atoms with Crippen LogP contribution in [-0.2, 0) is 22.5 Å². The van der Waals surface area contributed by atoms with Crippen molar-refractivity contribution in [1.29, 1.82) is 0 Å². The Morgan fingerprint density at radius 3 is 2.50 bits per heavy atom. The van der Waals surface area contributed by atoms with Gasteiger partial charge in [-0.25, -0.2) is 4.79 Å². The molecule has 0 aliphatic carbocycles. The van der Waals surface area contributed by atoms with Crippen LogP contribution in [0.4, 0.5) is 4.79 Å². The van der Waals surface area contributed by atoms with E-state index in [1.165, 1.54) is 11.1 Å². The molecular formula is C17H24N2O3. The van der Waals surface area contributed by atoms with E-state index < -0.39 is 17.7 Å². The minimum atomic E-state index is -0.597. The standard InChI is InChI=1S/C17H24N2O3/c1-12(18-16(21)22-17(2,3)4)15(20)19-10-9-13-7-5-6-8-14(13)11-19/h5-8,12H,9-11H2,1-4H3,(H,18,21)/t12-/m0/s1. The van der Waals surface area contributed by atoms with Gasteiger partial charge in [0, 0.05) is 13.1 Å². The van der Waals surface area contributed by atoms with Crippen LogP contribution in [0.2, 0.25) is 0 Å². The van der Waals surface area contributed by atoms with Gasteiger partial charge in [0.2, 0.25) is 5.91 Å². The summed E-state index contributed by atoms with van der Waals surface area (Å²) in [5, 5.41) is 2.61. The molecule has 120 valence electrons. The number of ether oxygens (including phenoxy) is 1. The first kappa shape index (κ1) is 16.3. The molecule has 1 N–H and O–H groups in total. The molecule has 1 aliphatic rings. The normalized spacial score (nSPS) is 15.7. The number of carbonyl (C=O) groups excluding carboxylic acids is 2. The van der Waals surface area contributed by atoms with E-state index in [0.29, 0.717) is 13.1 Å². The van der Waals surface area contributed by atoms with E-state index in [4.69, 9.17) is 4.74 Å². The van der Waals surface area contributed by atoms with Gasteiger partial charge in [-0.15, -0.1) is 0 Å². The lowest BCUT2D eigenvalue weighted by Crippen LogP contribution is -2.49. The summed E-state index contributed by atoms with van der Waals surface area (Å²) < 4.78 is 5.18. The summed E-state index contributed by atoms with van der Waals surface area (Å²) in [5.41, 5.74) is 1.89. The highest BCUT2D eigenvalue weighted by Gasteiger charge is 2.27. The van der Waals surface area contributed by atoms with Crippen LogP contribution >= 0.6 is 0 Å². The van der Waals surface area contributed by atoms with Gasteiger partial charge in [0.05, 0.1) is 0 Å². The summed E-state index contributed by atoms with van der Waals surface area (Å²) in [6.07, 6.45) is 0.284. The van der Waals surface area contributed by atoms with Crippen molar-refractivity contribution in [2.24, 2.45) is 0 Å². The van der Waals surface area contributed by atoms with Crippen molar-refractivity contribution in [3.05, 3.63) is 35.4 Å². The number of nitrogens with zero attached hydrogens (tertiary/aromatic N) is 1. The lowest BCUT2D eigenvalue weighted by Gasteiger charge is -2.31. The summed E-state index contributed by atoms with van der Waals surface area (Å²) >= 11 is 0. The smallest absolute Gasteiger partial charge is 0.408 e. The maximum absolute atomic E-state index is 12.5. The predicted molar refractivity (Wildman–Crippen MR) is 84.4 cm³/mol. The third-order valence-electron chi connectivity index (χ3n) is 3.55. The number of nitrogens with one attached hydrogen (secondary N) is 1. The summed E-state index contributed by atoms with van der Waals surface area (Å²) in [7, 11) is 0. The van der Waals surface area contributed by atoms with Crippen molar-refractivity contribution >= 4 is 12.0 Å². The maximum Gasteiger partial charge on any atom is 0.408 e. The quantitative estimate of drug-likeness (QED) is 0.913. The van der Waals surface area contributed by atoms with E-state index in [9.17, 15) is 9.59 Å². The average molecular weight is 304 g/mol. The fourth-order valence-electron chi connectivity index (χ4n) is 2.50. The lowest BCUT2D eigenvalue weighted by atomic mass is 9.99. The molecule has 22 heavy (non-hydrogen) atoms. The van der Waals surface area contributed by atoms with Crippen molar-refractivity contribution < 1.29 is 14.3 Å². The topological polar surface area (TPSA) is 58.6 Å². The molecular weight excluding hydrogens is 280 g/mol. The molecule has 1 aliphatic heterocycles. The second-order valence-electron chi connectivity index (χ2n) is 6.65. The molecule has 1 aromatic rings. The Morgan fingerprint density at radius 2 is 1.86 bits per heavy atom. The van der Waals surface area contributed by atoms with E-state index in [1.54, 1.807) is 32.6 Å². The van der Waals surface area contributed by atoms with Gasteiger partial charge in [0.25, 0.3) is 0 Å². The Kier molecular flexibility index (Phi) is 4.74. The molecule has 5 nitrogen and oxygen atoms in total. The zero-order chi connectivity index (χ0) is 16.3. The average Bonchev–Trinajstić information content (AvgIpc) is 2.43. The third kappa shape index (κ3) is 4.23. The van der Waals surface area contributed by atoms with Crippen LogP contribution in [0.5, 0.6) is 0 Å².